The van der Waals surface area contributed by atoms with Crippen LogP contribution in [0.4, 0.5) is 5.69 Å². The number of rotatable bonds is 4. The summed E-state index contributed by atoms with van der Waals surface area (Å²) in [4.78, 5) is 2.96. The maximum absolute atomic E-state index is 5.71. The number of para-hydroxylation sites is 2. The first kappa shape index (κ1) is 12.2. The number of nitrogens with two attached hydrogens (primary N) is 1. The van der Waals surface area contributed by atoms with E-state index in [1.165, 1.54) is 5.69 Å². The number of ether oxygens (including phenoxy) is 1. The standard InChI is InChI=1S/C13H18N2OS/c14-13(17)7-3-8-15-9-4-10-16-12-6-2-1-5-11(12)15/h1-2,5-6H,3-4,7-10H2,(H2,14,17). The average molecular weight is 250 g/mol. The maximum atomic E-state index is 5.71. The summed E-state index contributed by atoms with van der Waals surface area (Å²) in [6.07, 6.45) is 2.88. The Balaban J connectivity index is 2.04. The van der Waals surface area contributed by atoms with E-state index < -0.39 is 0 Å². The third kappa shape index (κ3) is 3.33. The highest BCUT2D eigenvalue weighted by molar-refractivity contribution is 7.80. The van der Waals surface area contributed by atoms with Crippen molar-refractivity contribution in [3.8, 4) is 5.75 Å². The van der Waals surface area contributed by atoms with Gasteiger partial charge in [-0.3, -0.25) is 0 Å². The maximum Gasteiger partial charge on any atom is 0.142 e. The van der Waals surface area contributed by atoms with Crippen LogP contribution in [0.2, 0.25) is 0 Å². The Labute approximate surface area is 108 Å². The highest BCUT2D eigenvalue weighted by atomic mass is 32.1. The zero-order valence-corrected chi connectivity index (χ0v) is 10.7. The van der Waals surface area contributed by atoms with Crippen LogP contribution in [0.1, 0.15) is 19.3 Å². The molecule has 17 heavy (non-hydrogen) atoms. The van der Waals surface area contributed by atoms with Gasteiger partial charge in [0.1, 0.15) is 5.75 Å². The molecule has 1 aliphatic rings. The van der Waals surface area contributed by atoms with E-state index in [1.54, 1.807) is 0 Å². The molecule has 0 bridgehead atoms. The van der Waals surface area contributed by atoms with Gasteiger partial charge in [-0.25, -0.2) is 0 Å². The smallest absolute Gasteiger partial charge is 0.142 e. The molecule has 2 N–H and O–H groups in total. The second kappa shape index (κ2) is 5.87. The Morgan fingerprint density at radius 1 is 1.41 bits per heavy atom. The molecule has 1 aromatic rings. The first-order valence-electron chi connectivity index (χ1n) is 6.02. The van der Waals surface area contributed by atoms with E-state index in [-0.39, 0.29) is 0 Å². The van der Waals surface area contributed by atoms with Gasteiger partial charge in [0, 0.05) is 13.1 Å². The Bertz CT molecular complexity index is 395. The molecule has 3 nitrogen and oxygen atoms in total. The largest absolute Gasteiger partial charge is 0.491 e. The van der Waals surface area contributed by atoms with Gasteiger partial charge < -0.3 is 15.4 Å². The minimum absolute atomic E-state index is 0.601. The summed E-state index contributed by atoms with van der Waals surface area (Å²) in [6.45, 7) is 2.81. The lowest BCUT2D eigenvalue weighted by Gasteiger charge is -2.23. The van der Waals surface area contributed by atoms with Crippen LogP contribution in [-0.4, -0.2) is 24.7 Å². The topological polar surface area (TPSA) is 38.5 Å². The predicted octanol–water partition coefficient (Wildman–Crippen LogP) is 2.34. The van der Waals surface area contributed by atoms with Crippen LogP contribution in [0.25, 0.3) is 0 Å². The molecule has 0 amide bonds. The van der Waals surface area contributed by atoms with E-state index in [4.69, 9.17) is 22.7 Å². The molecule has 2 rings (SSSR count). The molecule has 1 aliphatic heterocycles. The van der Waals surface area contributed by atoms with Crippen molar-refractivity contribution in [2.45, 2.75) is 19.3 Å². The summed E-state index contributed by atoms with van der Waals surface area (Å²) in [5.41, 5.74) is 6.71. The minimum atomic E-state index is 0.601. The fourth-order valence-corrected chi connectivity index (χ4v) is 2.22. The first-order chi connectivity index (χ1) is 8.27. The van der Waals surface area contributed by atoms with Crippen LogP contribution in [0.3, 0.4) is 0 Å². The molecule has 0 spiro atoms. The van der Waals surface area contributed by atoms with Crippen molar-refractivity contribution in [2.24, 2.45) is 5.73 Å². The summed E-state index contributed by atoms with van der Waals surface area (Å²) >= 11 is 4.90. The van der Waals surface area contributed by atoms with Crippen molar-refractivity contribution in [1.29, 1.82) is 0 Å². The summed E-state index contributed by atoms with van der Waals surface area (Å²) < 4.78 is 5.71. The highest BCUT2D eigenvalue weighted by Gasteiger charge is 2.14. The third-order valence-corrected chi connectivity index (χ3v) is 3.09. The van der Waals surface area contributed by atoms with E-state index in [0.717, 1.165) is 44.7 Å². The Morgan fingerprint density at radius 2 is 2.24 bits per heavy atom. The number of hydrogen-bond acceptors (Lipinski definition) is 3. The van der Waals surface area contributed by atoms with Gasteiger partial charge >= 0.3 is 0 Å². The van der Waals surface area contributed by atoms with Gasteiger partial charge in [-0.05, 0) is 31.4 Å². The van der Waals surface area contributed by atoms with Crippen LogP contribution in [-0.2, 0) is 0 Å². The number of nitrogens with zero attached hydrogens (tertiary/aromatic N) is 1. The van der Waals surface area contributed by atoms with Crippen molar-refractivity contribution in [3.63, 3.8) is 0 Å². The second-order valence-electron chi connectivity index (χ2n) is 4.23. The van der Waals surface area contributed by atoms with Crippen LogP contribution in [0.15, 0.2) is 24.3 Å². The molecule has 4 heteroatoms. The monoisotopic (exact) mass is 250 g/mol. The highest BCUT2D eigenvalue weighted by Crippen LogP contribution is 2.30. The molecule has 1 heterocycles. The van der Waals surface area contributed by atoms with Gasteiger partial charge in [0.25, 0.3) is 0 Å². The summed E-state index contributed by atoms with van der Waals surface area (Å²) in [5, 5.41) is 0. The molecule has 1 aromatic carbocycles. The average Bonchev–Trinajstić information content (AvgIpc) is 2.52. The molecule has 0 atom stereocenters. The number of benzene rings is 1. The fourth-order valence-electron chi connectivity index (χ4n) is 2.07. The number of fused-ring (bicyclic) bond motifs is 1. The molecule has 0 saturated carbocycles. The SMILES string of the molecule is NC(=S)CCCN1CCCOc2ccccc21. The minimum Gasteiger partial charge on any atom is -0.491 e. The predicted molar refractivity (Wildman–Crippen MR) is 74.8 cm³/mol. The zero-order valence-electron chi connectivity index (χ0n) is 9.89. The lowest BCUT2D eigenvalue weighted by molar-refractivity contribution is 0.322. The van der Waals surface area contributed by atoms with E-state index in [2.05, 4.69) is 11.0 Å². The molecule has 92 valence electrons. The zero-order chi connectivity index (χ0) is 12.1. The van der Waals surface area contributed by atoms with Crippen molar-refractivity contribution in [3.05, 3.63) is 24.3 Å². The van der Waals surface area contributed by atoms with E-state index in [9.17, 15) is 0 Å². The van der Waals surface area contributed by atoms with Gasteiger partial charge in [-0.15, -0.1) is 0 Å². The van der Waals surface area contributed by atoms with Gasteiger partial charge in [-0.2, -0.15) is 0 Å². The van der Waals surface area contributed by atoms with Crippen molar-refractivity contribution in [2.75, 3.05) is 24.6 Å². The molecule has 0 unspecified atom stereocenters. The van der Waals surface area contributed by atoms with Gasteiger partial charge in [0.15, 0.2) is 0 Å². The van der Waals surface area contributed by atoms with Gasteiger partial charge in [0.05, 0.1) is 17.3 Å². The first-order valence-corrected chi connectivity index (χ1v) is 6.43. The third-order valence-electron chi connectivity index (χ3n) is 2.89. The molecular formula is C13H18N2OS. The van der Waals surface area contributed by atoms with Gasteiger partial charge in [0.2, 0.25) is 0 Å². The van der Waals surface area contributed by atoms with Crippen LogP contribution >= 0.6 is 12.2 Å². The number of thiocarbonyl (C=S) groups is 1. The number of anilines is 1. The van der Waals surface area contributed by atoms with Crippen molar-refractivity contribution < 1.29 is 4.74 Å². The Morgan fingerprint density at radius 3 is 3.06 bits per heavy atom. The quantitative estimate of drug-likeness (QED) is 0.833. The van der Waals surface area contributed by atoms with E-state index in [0.29, 0.717) is 4.99 Å². The molecule has 0 saturated heterocycles. The fraction of sp³-hybridized carbons (Fsp3) is 0.462. The molecule has 0 aliphatic carbocycles. The van der Waals surface area contributed by atoms with Gasteiger partial charge in [-0.1, -0.05) is 24.4 Å². The lowest BCUT2D eigenvalue weighted by Crippen LogP contribution is -2.26. The van der Waals surface area contributed by atoms with Crippen molar-refractivity contribution in [1.82, 2.24) is 0 Å². The second-order valence-corrected chi connectivity index (χ2v) is 4.75. The summed E-state index contributed by atoms with van der Waals surface area (Å²) in [6, 6.07) is 8.20. The van der Waals surface area contributed by atoms with Crippen molar-refractivity contribution >= 4 is 22.9 Å². The molecule has 0 aromatic heterocycles. The van der Waals surface area contributed by atoms with Crippen LogP contribution < -0.4 is 15.4 Å². The molecular weight excluding hydrogens is 232 g/mol. The van der Waals surface area contributed by atoms with Crippen LogP contribution in [0, 0.1) is 0 Å². The molecule has 0 fully saturated rings. The lowest BCUT2D eigenvalue weighted by atomic mass is 10.2. The summed E-state index contributed by atoms with van der Waals surface area (Å²) in [5.74, 6) is 0.986. The molecule has 0 radical (unpaired) electrons. The normalized spacial score (nSPS) is 14.7. The number of hydrogen-bond donors (Lipinski definition) is 1. The van der Waals surface area contributed by atoms with E-state index >= 15 is 0 Å². The van der Waals surface area contributed by atoms with E-state index in [1.807, 2.05) is 18.2 Å². The summed E-state index contributed by atoms with van der Waals surface area (Å²) in [7, 11) is 0. The van der Waals surface area contributed by atoms with Crippen LogP contribution in [0.5, 0.6) is 5.75 Å². The Kier molecular flexibility index (Phi) is 4.20. The Hall–Kier alpha value is -1.29.